The van der Waals surface area contributed by atoms with Gasteiger partial charge in [-0.25, -0.2) is 17.5 Å². The molecule has 3 unspecified atom stereocenters. The van der Waals surface area contributed by atoms with Crippen molar-refractivity contribution in [2.45, 2.75) is 57.9 Å². The summed E-state index contributed by atoms with van der Waals surface area (Å²) in [6, 6.07) is 2.51. The molecule has 1 aromatic carbocycles. The van der Waals surface area contributed by atoms with E-state index in [9.17, 15) is 12.8 Å². The highest BCUT2D eigenvalue weighted by Crippen LogP contribution is 2.30. The van der Waals surface area contributed by atoms with Gasteiger partial charge in [-0.15, -0.1) is 0 Å². The topological polar surface area (TPSA) is 46.2 Å². The number of hydrogen-bond acceptors (Lipinski definition) is 2. The van der Waals surface area contributed by atoms with Crippen molar-refractivity contribution >= 4 is 10.0 Å². The van der Waals surface area contributed by atoms with Gasteiger partial charge in [-0.2, -0.15) is 0 Å². The van der Waals surface area contributed by atoms with Crippen LogP contribution in [0.25, 0.3) is 0 Å². The fourth-order valence-electron chi connectivity index (χ4n) is 3.42. The number of sulfonamides is 1. The summed E-state index contributed by atoms with van der Waals surface area (Å²) in [5.41, 5.74) is 0.911. The quantitative estimate of drug-likeness (QED) is 0.927. The Kier molecular flexibility index (Phi) is 4.73. The lowest BCUT2D eigenvalue weighted by atomic mass is 9.80. The molecule has 1 fully saturated rings. The zero-order valence-corrected chi connectivity index (χ0v) is 13.9. The molecule has 2 rings (SSSR count). The minimum Gasteiger partial charge on any atom is -0.208 e. The molecule has 1 aromatic rings. The highest BCUT2D eigenvalue weighted by atomic mass is 32.2. The molecule has 118 valence electrons. The van der Waals surface area contributed by atoms with E-state index in [0.29, 0.717) is 23.0 Å². The lowest BCUT2D eigenvalue weighted by Crippen LogP contribution is -2.42. The van der Waals surface area contributed by atoms with E-state index in [4.69, 9.17) is 0 Å². The second-order valence-electron chi connectivity index (χ2n) is 6.49. The van der Waals surface area contributed by atoms with Crippen molar-refractivity contribution in [1.29, 1.82) is 0 Å². The summed E-state index contributed by atoms with van der Waals surface area (Å²) >= 11 is 0. The van der Waals surface area contributed by atoms with Crippen molar-refractivity contribution < 1.29 is 12.8 Å². The van der Waals surface area contributed by atoms with Gasteiger partial charge in [0.15, 0.2) is 0 Å². The summed E-state index contributed by atoms with van der Waals surface area (Å²) in [6.45, 7) is 7.57. The smallest absolute Gasteiger partial charge is 0.208 e. The van der Waals surface area contributed by atoms with E-state index in [1.54, 1.807) is 13.8 Å². The lowest BCUT2D eigenvalue weighted by molar-refractivity contribution is 0.249. The fourth-order valence-corrected chi connectivity index (χ4v) is 5.25. The van der Waals surface area contributed by atoms with Crippen LogP contribution in [0.15, 0.2) is 17.0 Å². The van der Waals surface area contributed by atoms with Gasteiger partial charge in [0.05, 0.1) is 4.90 Å². The summed E-state index contributed by atoms with van der Waals surface area (Å²) in [5.74, 6) is 0.573. The van der Waals surface area contributed by atoms with Crippen molar-refractivity contribution in [1.82, 2.24) is 4.72 Å². The molecule has 1 N–H and O–H groups in total. The first-order valence-corrected chi connectivity index (χ1v) is 8.98. The second-order valence-corrected chi connectivity index (χ2v) is 8.14. The van der Waals surface area contributed by atoms with E-state index in [-0.39, 0.29) is 10.9 Å². The van der Waals surface area contributed by atoms with Gasteiger partial charge in [-0.05, 0) is 68.2 Å². The number of aryl methyl sites for hydroxylation is 2. The second kappa shape index (κ2) is 6.05. The molecular formula is C16H24FNO2S. The minimum absolute atomic E-state index is 0.0324. The van der Waals surface area contributed by atoms with Gasteiger partial charge in [0, 0.05) is 6.04 Å². The van der Waals surface area contributed by atoms with E-state index in [0.717, 1.165) is 19.3 Å². The van der Waals surface area contributed by atoms with E-state index in [1.807, 2.05) is 0 Å². The molecule has 3 atom stereocenters. The number of nitrogens with one attached hydrogen (secondary N) is 1. The molecule has 0 bridgehead atoms. The third-order valence-corrected chi connectivity index (χ3v) is 6.23. The maximum Gasteiger partial charge on any atom is 0.241 e. The predicted molar refractivity (Wildman–Crippen MR) is 82.2 cm³/mol. The lowest BCUT2D eigenvalue weighted by Gasteiger charge is -2.33. The monoisotopic (exact) mass is 313 g/mol. The highest BCUT2D eigenvalue weighted by Gasteiger charge is 2.30. The van der Waals surface area contributed by atoms with E-state index < -0.39 is 15.8 Å². The highest BCUT2D eigenvalue weighted by molar-refractivity contribution is 7.89. The first-order chi connectivity index (χ1) is 9.70. The van der Waals surface area contributed by atoms with Crippen molar-refractivity contribution in [2.75, 3.05) is 0 Å². The van der Waals surface area contributed by atoms with Gasteiger partial charge in [-0.3, -0.25) is 0 Å². The predicted octanol–water partition coefficient (Wildman–Crippen LogP) is 3.55. The summed E-state index contributed by atoms with van der Waals surface area (Å²) < 4.78 is 41.5. The molecule has 5 heteroatoms. The normalized spacial score (nSPS) is 26.8. The zero-order valence-electron chi connectivity index (χ0n) is 13.1. The largest absolute Gasteiger partial charge is 0.241 e. The van der Waals surface area contributed by atoms with Gasteiger partial charge in [0.1, 0.15) is 5.82 Å². The van der Waals surface area contributed by atoms with Crippen LogP contribution in [0.1, 0.15) is 44.2 Å². The maximum atomic E-state index is 13.3. The number of rotatable bonds is 3. The Labute approximate surface area is 127 Å². The van der Waals surface area contributed by atoms with Gasteiger partial charge in [0.2, 0.25) is 10.0 Å². The molecule has 0 radical (unpaired) electrons. The first-order valence-electron chi connectivity index (χ1n) is 7.49. The fraction of sp³-hybridized carbons (Fsp3) is 0.625. The molecule has 0 saturated heterocycles. The van der Waals surface area contributed by atoms with Gasteiger partial charge in [0.25, 0.3) is 0 Å². The third kappa shape index (κ3) is 3.64. The van der Waals surface area contributed by atoms with E-state index >= 15 is 0 Å². The zero-order chi connectivity index (χ0) is 15.8. The first kappa shape index (κ1) is 16.4. The summed E-state index contributed by atoms with van der Waals surface area (Å²) in [4.78, 5) is 0.217. The Morgan fingerprint density at radius 2 is 1.71 bits per heavy atom. The molecule has 21 heavy (non-hydrogen) atoms. The van der Waals surface area contributed by atoms with E-state index in [2.05, 4.69) is 18.6 Å². The Morgan fingerprint density at radius 3 is 2.24 bits per heavy atom. The maximum absolute atomic E-state index is 13.3. The van der Waals surface area contributed by atoms with Crippen LogP contribution in [0.3, 0.4) is 0 Å². The molecule has 1 saturated carbocycles. The average molecular weight is 313 g/mol. The molecule has 0 amide bonds. The number of hydrogen-bond donors (Lipinski definition) is 1. The SMILES string of the molecule is Cc1cc(F)cc(C)c1S(=O)(=O)NC1CCC(C)CC1C. The molecule has 0 aliphatic heterocycles. The summed E-state index contributed by atoms with van der Waals surface area (Å²) in [6.07, 6.45) is 2.94. The Bertz CT molecular complexity index is 604. The van der Waals surface area contributed by atoms with Crippen LogP contribution in [0.2, 0.25) is 0 Å². The van der Waals surface area contributed by atoms with Crippen molar-refractivity contribution in [3.05, 3.63) is 29.1 Å². The summed E-state index contributed by atoms with van der Waals surface area (Å²) in [5, 5.41) is 0. The Balaban J connectivity index is 2.27. The molecule has 1 aliphatic rings. The third-order valence-electron chi connectivity index (χ3n) is 4.43. The summed E-state index contributed by atoms with van der Waals surface area (Å²) in [7, 11) is -3.61. The standard InChI is InChI=1S/C16H24FNO2S/c1-10-5-6-15(11(2)7-10)18-21(19,20)16-12(3)8-14(17)9-13(16)4/h8-11,15,18H,5-7H2,1-4H3. The van der Waals surface area contributed by atoms with Gasteiger partial charge < -0.3 is 0 Å². The van der Waals surface area contributed by atoms with Gasteiger partial charge >= 0.3 is 0 Å². The van der Waals surface area contributed by atoms with Crippen LogP contribution in [-0.4, -0.2) is 14.5 Å². The van der Waals surface area contributed by atoms with Crippen LogP contribution in [0, 0.1) is 31.5 Å². The van der Waals surface area contributed by atoms with Gasteiger partial charge in [-0.1, -0.05) is 13.8 Å². The molecule has 1 aliphatic carbocycles. The van der Waals surface area contributed by atoms with Crippen LogP contribution < -0.4 is 4.72 Å². The van der Waals surface area contributed by atoms with Crippen LogP contribution in [0.4, 0.5) is 4.39 Å². The molecule has 0 spiro atoms. The molecule has 3 nitrogen and oxygen atoms in total. The molecular weight excluding hydrogens is 289 g/mol. The Hall–Kier alpha value is -0.940. The van der Waals surface area contributed by atoms with Crippen LogP contribution in [0.5, 0.6) is 0 Å². The van der Waals surface area contributed by atoms with Crippen LogP contribution in [-0.2, 0) is 10.0 Å². The average Bonchev–Trinajstić information content (AvgIpc) is 2.30. The van der Waals surface area contributed by atoms with Crippen molar-refractivity contribution in [2.24, 2.45) is 11.8 Å². The van der Waals surface area contributed by atoms with Crippen molar-refractivity contribution in [3.8, 4) is 0 Å². The molecule has 0 heterocycles. The number of benzene rings is 1. The van der Waals surface area contributed by atoms with Crippen molar-refractivity contribution in [3.63, 3.8) is 0 Å². The van der Waals surface area contributed by atoms with Crippen LogP contribution >= 0.6 is 0 Å². The molecule has 0 aromatic heterocycles. The van der Waals surface area contributed by atoms with E-state index in [1.165, 1.54) is 12.1 Å². The number of halogens is 1. The minimum atomic E-state index is -3.61. The Morgan fingerprint density at radius 1 is 1.14 bits per heavy atom.